The average Bonchev–Trinajstić information content (AvgIpc) is 3.53. The fourth-order valence-corrected chi connectivity index (χ4v) is 5.56. The minimum absolute atomic E-state index is 0.0489. The van der Waals surface area contributed by atoms with Crippen LogP contribution in [-0.4, -0.2) is 38.5 Å². The van der Waals surface area contributed by atoms with E-state index in [0.717, 1.165) is 30.7 Å². The Balaban J connectivity index is 1.56. The molecular formula is C23H25N5O3S2. The summed E-state index contributed by atoms with van der Waals surface area (Å²) in [6, 6.07) is 4.03. The van der Waals surface area contributed by atoms with Gasteiger partial charge in [0.25, 0.3) is 5.56 Å². The molecule has 1 fully saturated rings. The lowest BCUT2D eigenvalue weighted by atomic mass is 10.2. The van der Waals surface area contributed by atoms with Crippen LogP contribution in [0.2, 0.25) is 0 Å². The Morgan fingerprint density at radius 1 is 1.48 bits per heavy atom. The third-order valence-electron chi connectivity index (χ3n) is 5.78. The molecule has 0 bridgehead atoms. The number of thioether (sulfide) groups is 1. The second-order valence-electron chi connectivity index (χ2n) is 7.86. The number of hydrogen-bond donors (Lipinski definition) is 1. The van der Waals surface area contributed by atoms with E-state index in [1.165, 1.54) is 27.7 Å². The molecule has 0 aliphatic carbocycles. The lowest BCUT2D eigenvalue weighted by Gasteiger charge is -2.17. The molecule has 33 heavy (non-hydrogen) atoms. The summed E-state index contributed by atoms with van der Waals surface area (Å²) in [5.74, 6) is 0.276. The van der Waals surface area contributed by atoms with E-state index < -0.39 is 0 Å². The lowest BCUT2D eigenvalue weighted by Crippen LogP contribution is -2.24. The fourth-order valence-electron chi connectivity index (χ4n) is 3.97. The summed E-state index contributed by atoms with van der Waals surface area (Å²) >= 11 is 2.54. The summed E-state index contributed by atoms with van der Waals surface area (Å²) in [6.07, 6.45) is 3.68. The van der Waals surface area contributed by atoms with Crippen LogP contribution in [0.4, 0.5) is 5.82 Å². The largest absolute Gasteiger partial charge is 0.376 e. The number of amides is 1. The third-order valence-corrected chi connectivity index (χ3v) is 7.65. The standard InChI is InChI=1S/C23H25N5O3S2/c1-4-8-27-22(30)20-18(7-10-32-20)25-23(27)33-13-19(29)26-21-17(11-24)14(2)15(3)28(21)12-16-6-5-9-31-16/h4,7,10,16H,1,5-6,8-9,12-13H2,2-3H3,(H,26,29). The van der Waals surface area contributed by atoms with Crippen LogP contribution >= 0.6 is 23.1 Å². The van der Waals surface area contributed by atoms with Gasteiger partial charge < -0.3 is 14.6 Å². The highest BCUT2D eigenvalue weighted by molar-refractivity contribution is 7.99. The first-order chi connectivity index (χ1) is 15.9. The summed E-state index contributed by atoms with van der Waals surface area (Å²) in [4.78, 5) is 30.3. The number of nitriles is 1. The van der Waals surface area contributed by atoms with Gasteiger partial charge in [0.15, 0.2) is 5.16 Å². The topological polar surface area (TPSA) is 102 Å². The summed E-state index contributed by atoms with van der Waals surface area (Å²) in [7, 11) is 0. The maximum Gasteiger partial charge on any atom is 0.272 e. The minimum Gasteiger partial charge on any atom is -0.376 e. The van der Waals surface area contributed by atoms with E-state index in [2.05, 4.69) is 22.9 Å². The molecule has 3 aromatic heterocycles. The molecule has 172 valence electrons. The number of fused-ring (bicyclic) bond motifs is 1. The minimum atomic E-state index is -0.271. The van der Waals surface area contributed by atoms with Crippen LogP contribution < -0.4 is 10.9 Å². The first-order valence-corrected chi connectivity index (χ1v) is 12.5. The van der Waals surface area contributed by atoms with E-state index in [4.69, 9.17) is 4.74 Å². The molecule has 1 aliphatic rings. The number of ether oxygens (including phenoxy) is 1. The lowest BCUT2D eigenvalue weighted by molar-refractivity contribution is -0.113. The van der Waals surface area contributed by atoms with Gasteiger partial charge in [0, 0.05) is 18.8 Å². The van der Waals surface area contributed by atoms with E-state index in [-0.39, 0.29) is 23.3 Å². The molecule has 1 amide bonds. The molecule has 10 heteroatoms. The Labute approximate surface area is 199 Å². The summed E-state index contributed by atoms with van der Waals surface area (Å²) in [6.45, 7) is 9.19. The molecule has 1 N–H and O–H groups in total. The summed E-state index contributed by atoms with van der Waals surface area (Å²) in [5.41, 5.74) is 2.74. The van der Waals surface area contributed by atoms with E-state index in [1.54, 1.807) is 12.1 Å². The molecule has 0 radical (unpaired) electrons. The Bertz CT molecular complexity index is 1310. The zero-order valence-corrected chi connectivity index (χ0v) is 20.2. The van der Waals surface area contributed by atoms with Crippen molar-refractivity contribution in [2.24, 2.45) is 0 Å². The highest BCUT2D eigenvalue weighted by atomic mass is 32.2. The number of hydrogen-bond acceptors (Lipinski definition) is 7. The number of allylic oxidation sites excluding steroid dienone is 1. The Kier molecular flexibility index (Phi) is 7.02. The Morgan fingerprint density at radius 2 is 2.30 bits per heavy atom. The van der Waals surface area contributed by atoms with E-state index in [1.807, 2.05) is 23.8 Å². The number of aromatic nitrogens is 3. The first-order valence-electron chi connectivity index (χ1n) is 10.7. The predicted octanol–water partition coefficient (Wildman–Crippen LogP) is 3.84. The number of carbonyl (C=O) groups excluding carboxylic acids is 1. The van der Waals surface area contributed by atoms with Crippen molar-refractivity contribution in [1.29, 1.82) is 5.26 Å². The van der Waals surface area contributed by atoms with E-state index in [9.17, 15) is 14.9 Å². The monoisotopic (exact) mass is 483 g/mol. The second kappa shape index (κ2) is 9.95. The maximum atomic E-state index is 12.9. The van der Waals surface area contributed by atoms with Crippen molar-refractivity contribution in [2.45, 2.75) is 51.0 Å². The molecule has 0 aromatic carbocycles. The van der Waals surface area contributed by atoms with E-state index in [0.29, 0.717) is 39.8 Å². The first kappa shape index (κ1) is 23.3. The normalized spacial score (nSPS) is 15.6. The van der Waals surface area contributed by atoms with Crippen molar-refractivity contribution >= 4 is 45.0 Å². The zero-order chi connectivity index (χ0) is 23.5. The molecule has 4 heterocycles. The molecule has 1 aliphatic heterocycles. The van der Waals surface area contributed by atoms with Gasteiger partial charge in [-0.25, -0.2) is 4.98 Å². The van der Waals surface area contributed by atoms with Gasteiger partial charge in [0.2, 0.25) is 5.91 Å². The van der Waals surface area contributed by atoms with Gasteiger partial charge in [-0.1, -0.05) is 17.8 Å². The number of nitrogens with one attached hydrogen (secondary N) is 1. The van der Waals surface area contributed by atoms with Crippen molar-refractivity contribution in [2.75, 3.05) is 17.7 Å². The van der Waals surface area contributed by atoms with Gasteiger partial charge in [-0.15, -0.1) is 17.9 Å². The van der Waals surface area contributed by atoms with Crippen LogP contribution in [0, 0.1) is 25.2 Å². The van der Waals surface area contributed by atoms with Gasteiger partial charge >= 0.3 is 0 Å². The third kappa shape index (κ3) is 4.62. The second-order valence-corrected chi connectivity index (χ2v) is 9.72. The molecule has 1 atom stereocenters. The molecule has 8 nitrogen and oxygen atoms in total. The van der Waals surface area contributed by atoms with Gasteiger partial charge in [-0.05, 0) is 43.7 Å². The Morgan fingerprint density at radius 3 is 3.00 bits per heavy atom. The van der Waals surface area contributed by atoms with Gasteiger partial charge in [-0.3, -0.25) is 14.2 Å². The quantitative estimate of drug-likeness (QED) is 0.297. The van der Waals surface area contributed by atoms with Gasteiger partial charge in [-0.2, -0.15) is 5.26 Å². The summed E-state index contributed by atoms with van der Waals surface area (Å²) in [5, 5.41) is 14.9. The fraction of sp³-hybridized carbons (Fsp3) is 0.391. The highest BCUT2D eigenvalue weighted by Crippen LogP contribution is 2.29. The molecule has 0 spiro atoms. The molecule has 4 rings (SSSR count). The smallest absolute Gasteiger partial charge is 0.272 e. The van der Waals surface area contributed by atoms with Crippen molar-refractivity contribution in [3.8, 4) is 6.07 Å². The van der Waals surface area contributed by atoms with Crippen LogP contribution in [-0.2, 0) is 22.6 Å². The predicted molar refractivity (Wildman–Crippen MR) is 131 cm³/mol. The van der Waals surface area contributed by atoms with Crippen LogP contribution in [0.3, 0.4) is 0 Å². The molecule has 1 unspecified atom stereocenters. The number of anilines is 1. The molecular weight excluding hydrogens is 458 g/mol. The molecule has 3 aromatic rings. The van der Waals surface area contributed by atoms with Crippen LogP contribution in [0.15, 0.2) is 34.1 Å². The summed E-state index contributed by atoms with van der Waals surface area (Å²) < 4.78 is 9.85. The Hall–Kier alpha value is -2.87. The molecule has 1 saturated heterocycles. The number of carbonyl (C=O) groups is 1. The number of rotatable bonds is 8. The highest BCUT2D eigenvalue weighted by Gasteiger charge is 2.24. The van der Waals surface area contributed by atoms with Crippen molar-refractivity contribution < 1.29 is 9.53 Å². The average molecular weight is 484 g/mol. The van der Waals surface area contributed by atoms with Crippen LogP contribution in [0.25, 0.3) is 10.2 Å². The zero-order valence-electron chi connectivity index (χ0n) is 18.6. The molecule has 0 saturated carbocycles. The SMILES string of the molecule is C=CCn1c(SCC(=O)Nc2c(C#N)c(C)c(C)n2CC2CCCO2)nc2ccsc2c1=O. The number of thiophene rings is 1. The van der Waals surface area contributed by atoms with Crippen molar-refractivity contribution in [3.63, 3.8) is 0 Å². The van der Waals surface area contributed by atoms with Gasteiger partial charge in [0.1, 0.15) is 16.6 Å². The number of nitrogens with zero attached hydrogens (tertiary/aromatic N) is 4. The van der Waals surface area contributed by atoms with E-state index >= 15 is 0 Å². The van der Waals surface area contributed by atoms with Crippen LogP contribution in [0.5, 0.6) is 0 Å². The van der Waals surface area contributed by atoms with Crippen molar-refractivity contribution in [3.05, 3.63) is 51.3 Å². The maximum absolute atomic E-state index is 12.9. The van der Waals surface area contributed by atoms with Crippen LogP contribution in [0.1, 0.15) is 29.7 Å². The van der Waals surface area contributed by atoms with Gasteiger partial charge in [0.05, 0.1) is 29.5 Å². The van der Waals surface area contributed by atoms with Crippen molar-refractivity contribution in [1.82, 2.24) is 14.1 Å².